The lowest BCUT2D eigenvalue weighted by Crippen LogP contribution is -2.37. The Bertz CT molecular complexity index is 911. The van der Waals surface area contributed by atoms with Crippen LogP contribution in [0.4, 0.5) is 0 Å². The quantitative estimate of drug-likeness (QED) is 0.255. The Morgan fingerprint density at radius 1 is 0.967 bits per heavy atom. The SMILES string of the molecule is CCNC(=NCc1cccc(COCc2ccccc2)c1)NCc1ccnn1C.I. The van der Waals surface area contributed by atoms with Gasteiger partial charge in [-0.15, -0.1) is 24.0 Å². The fourth-order valence-electron chi connectivity index (χ4n) is 2.94. The third-order valence-corrected chi connectivity index (χ3v) is 4.50. The second kappa shape index (κ2) is 13.0. The fourth-order valence-corrected chi connectivity index (χ4v) is 2.94. The van der Waals surface area contributed by atoms with Crippen LogP contribution in [0.25, 0.3) is 0 Å². The van der Waals surface area contributed by atoms with E-state index < -0.39 is 0 Å². The number of ether oxygens (including phenoxy) is 1. The summed E-state index contributed by atoms with van der Waals surface area (Å²) in [7, 11) is 1.94. The molecular formula is C23H30IN5O. The molecule has 6 nitrogen and oxygen atoms in total. The lowest BCUT2D eigenvalue weighted by molar-refractivity contribution is 0.107. The number of hydrogen-bond donors (Lipinski definition) is 2. The van der Waals surface area contributed by atoms with Crippen molar-refractivity contribution in [2.75, 3.05) is 6.54 Å². The maximum Gasteiger partial charge on any atom is 0.191 e. The van der Waals surface area contributed by atoms with Crippen LogP contribution in [0.1, 0.15) is 29.3 Å². The molecule has 0 spiro atoms. The van der Waals surface area contributed by atoms with Crippen LogP contribution < -0.4 is 10.6 Å². The van der Waals surface area contributed by atoms with Gasteiger partial charge in [0.2, 0.25) is 0 Å². The van der Waals surface area contributed by atoms with Crippen molar-refractivity contribution in [3.63, 3.8) is 0 Å². The van der Waals surface area contributed by atoms with Crippen LogP contribution in [0.3, 0.4) is 0 Å². The minimum atomic E-state index is 0. The number of nitrogens with zero attached hydrogens (tertiary/aromatic N) is 3. The van der Waals surface area contributed by atoms with Gasteiger partial charge < -0.3 is 15.4 Å². The number of aryl methyl sites for hydroxylation is 1. The summed E-state index contributed by atoms with van der Waals surface area (Å²) in [5.41, 5.74) is 4.60. The van der Waals surface area contributed by atoms with E-state index in [1.807, 2.05) is 36.0 Å². The molecule has 0 saturated carbocycles. The average molecular weight is 519 g/mol. The van der Waals surface area contributed by atoms with Crippen LogP contribution in [0, 0.1) is 0 Å². The molecule has 3 aromatic rings. The highest BCUT2D eigenvalue weighted by atomic mass is 127. The molecular weight excluding hydrogens is 489 g/mol. The fraction of sp³-hybridized carbons (Fsp3) is 0.304. The summed E-state index contributed by atoms with van der Waals surface area (Å²) in [4.78, 5) is 4.71. The highest BCUT2D eigenvalue weighted by Gasteiger charge is 2.02. The molecule has 0 amide bonds. The number of nitrogens with one attached hydrogen (secondary N) is 2. The second-order valence-electron chi connectivity index (χ2n) is 6.79. The van der Waals surface area contributed by atoms with E-state index in [9.17, 15) is 0 Å². The van der Waals surface area contributed by atoms with Crippen LogP contribution in [0.15, 0.2) is 71.9 Å². The van der Waals surface area contributed by atoms with Crippen LogP contribution in [0.5, 0.6) is 0 Å². The van der Waals surface area contributed by atoms with Crippen molar-refractivity contribution in [1.82, 2.24) is 20.4 Å². The smallest absolute Gasteiger partial charge is 0.191 e. The predicted octanol–water partition coefficient (Wildman–Crippen LogP) is 4.01. The first kappa shape index (κ1) is 23.9. The van der Waals surface area contributed by atoms with E-state index in [2.05, 4.69) is 59.1 Å². The summed E-state index contributed by atoms with van der Waals surface area (Å²) < 4.78 is 7.70. The predicted molar refractivity (Wildman–Crippen MR) is 132 cm³/mol. The van der Waals surface area contributed by atoms with E-state index in [0.29, 0.717) is 26.3 Å². The molecule has 1 heterocycles. The Hall–Kier alpha value is -2.39. The molecule has 30 heavy (non-hydrogen) atoms. The first-order chi connectivity index (χ1) is 14.2. The van der Waals surface area contributed by atoms with E-state index in [-0.39, 0.29) is 24.0 Å². The third-order valence-electron chi connectivity index (χ3n) is 4.50. The van der Waals surface area contributed by atoms with Gasteiger partial charge in [-0.2, -0.15) is 5.10 Å². The molecule has 0 saturated heterocycles. The molecule has 0 aliphatic heterocycles. The average Bonchev–Trinajstić information content (AvgIpc) is 3.16. The molecule has 7 heteroatoms. The minimum Gasteiger partial charge on any atom is -0.372 e. The van der Waals surface area contributed by atoms with Gasteiger partial charge in [-0.3, -0.25) is 4.68 Å². The van der Waals surface area contributed by atoms with Crippen LogP contribution in [-0.2, 0) is 38.1 Å². The van der Waals surface area contributed by atoms with Crippen LogP contribution >= 0.6 is 24.0 Å². The van der Waals surface area contributed by atoms with Crippen molar-refractivity contribution >= 4 is 29.9 Å². The molecule has 3 rings (SSSR count). The topological polar surface area (TPSA) is 63.5 Å². The third kappa shape index (κ3) is 7.79. The molecule has 2 aromatic carbocycles. The zero-order valence-corrected chi connectivity index (χ0v) is 19.9. The Balaban J connectivity index is 0.00000320. The first-order valence-electron chi connectivity index (χ1n) is 9.93. The zero-order valence-electron chi connectivity index (χ0n) is 17.5. The van der Waals surface area contributed by atoms with Crippen molar-refractivity contribution in [2.45, 2.75) is 33.2 Å². The van der Waals surface area contributed by atoms with Gasteiger partial charge in [0, 0.05) is 19.8 Å². The van der Waals surface area contributed by atoms with Gasteiger partial charge in [0.15, 0.2) is 5.96 Å². The molecule has 1 aromatic heterocycles. The number of rotatable bonds is 9. The lowest BCUT2D eigenvalue weighted by Gasteiger charge is -2.12. The summed E-state index contributed by atoms with van der Waals surface area (Å²) >= 11 is 0. The summed E-state index contributed by atoms with van der Waals surface area (Å²) in [6.07, 6.45) is 1.80. The second-order valence-corrected chi connectivity index (χ2v) is 6.79. The number of guanidine groups is 1. The molecule has 160 valence electrons. The Morgan fingerprint density at radius 3 is 2.43 bits per heavy atom. The minimum absolute atomic E-state index is 0. The molecule has 0 unspecified atom stereocenters. The van der Waals surface area contributed by atoms with Gasteiger partial charge in [0.25, 0.3) is 0 Å². The Kier molecular flexibility index (Phi) is 10.4. The van der Waals surface area contributed by atoms with Crippen molar-refractivity contribution in [3.8, 4) is 0 Å². The van der Waals surface area contributed by atoms with Gasteiger partial charge in [-0.05, 0) is 29.7 Å². The summed E-state index contributed by atoms with van der Waals surface area (Å²) in [6.45, 7) is 5.36. The molecule has 0 aliphatic rings. The molecule has 0 radical (unpaired) electrons. The van der Waals surface area contributed by atoms with E-state index in [4.69, 9.17) is 9.73 Å². The van der Waals surface area contributed by atoms with Crippen LogP contribution in [-0.4, -0.2) is 22.3 Å². The van der Waals surface area contributed by atoms with E-state index in [1.165, 1.54) is 5.56 Å². The molecule has 0 bridgehead atoms. The van der Waals surface area contributed by atoms with Gasteiger partial charge in [-0.25, -0.2) is 4.99 Å². The highest BCUT2D eigenvalue weighted by Crippen LogP contribution is 2.10. The molecule has 0 fully saturated rings. The molecule has 0 atom stereocenters. The standard InChI is InChI=1S/C23H29N5O.HI/c1-3-24-23(26-16-22-12-13-27-28(22)2)25-15-20-10-7-11-21(14-20)18-29-17-19-8-5-4-6-9-19;/h4-14H,3,15-18H2,1-2H3,(H2,24,25,26);1H. The van der Waals surface area contributed by atoms with Crippen molar-refractivity contribution in [3.05, 3.63) is 89.2 Å². The van der Waals surface area contributed by atoms with E-state index >= 15 is 0 Å². The summed E-state index contributed by atoms with van der Waals surface area (Å²) in [5, 5.41) is 10.8. The van der Waals surface area contributed by atoms with E-state index in [1.54, 1.807) is 6.20 Å². The highest BCUT2D eigenvalue weighted by molar-refractivity contribution is 14.0. The summed E-state index contributed by atoms with van der Waals surface area (Å²) in [6, 6.07) is 20.6. The number of aromatic nitrogens is 2. The maximum atomic E-state index is 5.85. The van der Waals surface area contributed by atoms with Gasteiger partial charge in [0.1, 0.15) is 0 Å². The summed E-state index contributed by atoms with van der Waals surface area (Å²) in [5.74, 6) is 0.791. The Labute approximate surface area is 195 Å². The zero-order chi connectivity index (χ0) is 20.3. The van der Waals surface area contributed by atoms with E-state index in [0.717, 1.165) is 29.3 Å². The van der Waals surface area contributed by atoms with Crippen molar-refractivity contribution in [2.24, 2.45) is 12.0 Å². The van der Waals surface area contributed by atoms with Crippen LogP contribution in [0.2, 0.25) is 0 Å². The lowest BCUT2D eigenvalue weighted by atomic mass is 10.1. The largest absolute Gasteiger partial charge is 0.372 e. The van der Waals surface area contributed by atoms with Crippen molar-refractivity contribution in [1.29, 1.82) is 0 Å². The number of benzene rings is 2. The first-order valence-corrected chi connectivity index (χ1v) is 9.93. The van der Waals surface area contributed by atoms with Gasteiger partial charge in [0.05, 0.1) is 32.0 Å². The maximum absolute atomic E-state index is 5.85. The number of halogens is 1. The molecule has 2 N–H and O–H groups in total. The number of hydrogen-bond acceptors (Lipinski definition) is 3. The Morgan fingerprint density at radius 2 is 1.70 bits per heavy atom. The van der Waals surface area contributed by atoms with Gasteiger partial charge in [-0.1, -0.05) is 54.6 Å². The van der Waals surface area contributed by atoms with Crippen molar-refractivity contribution < 1.29 is 4.74 Å². The van der Waals surface area contributed by atoms with Gasteiger partial charge >= 0.3 is 0 Å². The number of aliphatic imine (C=N–C) groups is 1. The molecule has 0 aliphatic carbocycles. The monoisotopic (exact) mass is 519 g/mol. The normalized spacial score (nSPS) is 11.1.